The first kappa shape index (κ1) is 56.2. The highest BCUT2D eigenvalue weighted by molar-refractivity contribution is 5.79. The van der Waals surface area contributed by atoms with E-state index >= 15 is 4.79 Å². The minimum atomic E-state index is -1.99. The number of ether oxygens (including phenoxy) is 7. The molecule has 12 N–H and O–H groups in total. The number of rotatable bonds is 12. The Bertz CT molecular complexity index is 1980. The summed E-state index contributed by atoms with van der Waals surface area (Å²) in [5.41, 5.74) is -2.40. The summed E-state index contributed by atoms with van der Waals surface area (Å²) in [4.78, 5) is 29.3. The van der Waals surface area contributed by atoms with E-state index in [0.29, 0.717) is 57.8 Å². The van der Waals surface area contributed by atoms with E-state index in [-0.39, 0.29) is 40.6 Å². The molecule has 4 saturated carbocycles. The fourth-order valence-electron chi connectivity index (χ4n) is 15.2. The number of esters is 2. The third-order valence-corrected chi connectivity index (χ3v) is 19.9. The van der Waals surface area contributed by atoms with Crippen molar-refractivity contribution < 1.29 is 104 Å². The Labute approximate surface area is 420 Å². The lowest BCUT2D eigenvalue weighted by Crippen LogP contribution is -2.67. The normalized spacial score (nSPS) is 51.5. The lowest BCUT2D eigenvalue weighted by atomic mass is 9.33. The van der Waals surface area contributed by atoms with Crippen LogP contribution in [0.2, 0.25) is 0 Å². The van der Waals surface area contributed by atoms with Gasteiger partial charge < -0.3 is 94.4 Å². The molecule has 25 atom stereocenters. The zero-order valence-electron chi connectivity index (χ0n) is 42.6. The second-order valence-electron chi connectivity index (χ2n) is 24.4. The molecule has 0 bridgehead atoms. The summed E-state index contributed by atoms with van der Waals surface area (Å²) in [6.45, 7) is 12.2. The fourth-order valence-corrected chi connectivity index (χ4v) is 15.2. The molecule has 0 amide bonds. The van der Waals surface area contributed by atoms with Gasteiger partial charge >= 0.3 is 11.9 Å². The molecule has 8 rings (SSSR count). The molecule has 3 saturated heterocycles. The summed E-state index contributed by atoms with van der Waals surface area (Å²) in [6, 6.07) is 0. The second-order valence-corrected chi connectivity index (χ2v) is 24.4. The van der Waals surface area contributed by atoms with E-state index < -0.39 is 152 Å². The van der Waals surface area contributed by atoms with Crippen molar-refractivity contribution in [3.63, 3.8) is 0 Å². The highest BCUT2D eigenvalue weighted by atomic mass is 16.8. The fraction of sp³-hybridized carbons (Fsp3) is 0.922. The summed E-state index contributed by atoms with van der Waals surface area (Å²) in [6.07, 6.45) is -19.9. The summed E-state index contributed by atoms with van der Waals surface area (Å²) in [7, 11) is 0. The van der Waals surface area contributed by atoms with Crippen LogP contribution in [0.1, 0.15) is 113 Å². The Balaban J connectivity index is 1.09. The van der Waals surface area contributed by atoms with E-state index in [1.807, 2.05) is 6.92 Å². The molecular weight excluding hydrogens is 949 g/mol. The third-order valence-electron chi connectivity index (χ3n) is 19.9. The van der Waals surface area contributed by atoms with Gasteiger partial charge in [0, 0.05) is 0 Å². The Morgan fingerprint density at radius 2 is 1.26 bits per heavy atom. The monoisotopic (exact) mass is 1030 g/mol. The number of hydrogen-bond acceptors (Lipinski definition) is 21. The molecule has 5 aliphatic carbocycles. The van der Waals surface area contributed by atoms with Crippen molar-refractivity contribution in [1.29, 1.82) is 0 Å². The Morgan fingerprint density at radius 1 is 0.667 bits per heavy atom. The molecule has 0 aromatic carbocycles. The van der Waals surface area contributed by atoms with Gasteiger partial charge in [0.05, 0.1) is 42.9 Å². The van der Waals surface area contributed by atoms with Gasteiger partial charge in [-0.2, -0.15) is 0 Å². The maximum atomic E-state index is 15.4. The summed E-state index contributed by atoms with van der Waals surface area (Å²) >= 11 is 0. The first-order chi connectivity index (χ1) is 33.6. The molecule has 0 spiro atoms. The van der Waals surface area contributed by atoms with Crippen LogP contribution >= 0.6 is 0 Å². The van der Waals surface area contributed by atoms with Crippen LogP contribution in [-0.4, -0.2) is 204 Å². The minimum Gasteiger partial charge on any atom is -0.462 e. The van der Waals surface area contributed by atoms with Crippen LogP contribution in [0, 0.1) is 50.2 Å². The van der Waals surface area contributed by atoms with E-state index in [1.54, 1.807) is 6.92 Å². The molecule has 3 heterocycles. The van der Waals surface area contributed by atoms with Gasteiger partial charge in [0.1, 0.15) is 79.9 Å². The van der Waals surface area contributed by atoms with E-state index in [9.17, 15) is 66.1 Å². The second kappa shape index (κ2) is 20.4. The Morgan fingerprint density at radius 3 is 1.89 bits per heavy atom. The van der Waals surface area contributed by atoms with Gasteiger partial charge in [0.15, 0.2) is 12.6 Å². The smallest absolute Gasteiger partial charge is 0.315 e. The molecule has 21 heteroatoms. The van der Waals surface area contributed by atoms with Gasteiger partial charge in [0.2, 0.25) is 6.29 Å². The summed E-state index contributed by atoms with van der Waals surface area (Å²) in [5.74, 6) is -1.58. The number of allylic oxidation sites excluding steroid dienone is 2. The van der Waals surface area contributed by atoms with Crippen molar-refractivity contribution in [3.8, 4) is 0 Å². The van der Waals surface area contributed by atoms with Gasteiger partial charge in [-0.3, -0.25) is 9.59 Å². The molecule has 0 radical (unpaired) electrons. The quantitative estimate of drug-likeness (QED) is 0.0828. The average molecular weight is 1030 g/mol. The molecule has 8 aliphatic rings. The van der Waals surface area contributed by atoms with Crippen LogP contribution in [0.5, 0.6) is 0 Å². The minimum absolute atomic E-state index is 0.102. The van der Waals surface area contributed by atoms with Crippen LogP contribution in [-0.2, 0) is 42.7 Å². The predicted molar refractivity (Wildman–Crippen MR) is 247 cm³/mol. The summed E-state index contributed by atoms with van der Waals surface area (Å²) in [5, 5.41) is 128. The molecule has 21 nitrogen and oxygen atoms in total. The van der Waals surface area contributed by atoms with Crippen LogP contribution in [0.3, 0.4) is 0 Å². The highest BCUT2D eigenvalue weighted by Gasteiger charge is 2.71. The average Bonchev–Trinajstić information content (AvgIpc) is 3.33. The first-order valence-corrected chi connectivity index (χ1v) is 26.0. The Kier molecular flexibility index (Phi) is 15.9. The molecule has 0 aromatic rings. The number of fused-ring (bicyclic) bond motifs is 7. The van der Waals surface area contributed by atoms with Crippen LogP contribution in [0.4, 0.5) is 0 Å². The third kappa shape index (κ3) is 9.11. The van der Waals surface area contributed by atoms with Gasteiger partial charge in [0.25, 0.3) is 0 Å². The van der Waals surface area contributed by atoms with Gasteiger partial charge in [-0.05, 0) is 117 Å². The lowest BCUT2D eigenvalue weighted by molar-refractivity contribution is -0.363. The van der Waals surface area contributed by atoms with Crippen molar-refractivity contribution >= 4 is 11.9 Å². The maximum absolute atomic E-state index is 15.4. The van der Waals surface area contributed by atoms with Crippen molar-refractivity contribution in [1.82, 2.24) is 0 Å². The lowest BCUT2D eigenvalue weighted by Gasteiger charge is -2.71. The van der Waals surface area contributed by atoms with E-state index in [4.69, 9.17) is 33.2 Å². The van der Waals surface area contributed by atoms with Crippen LogP contribution < -0.4 is 0 Å². The summed E-state index contributed by atoms with van der Waals surface area (Å²) < 4.78 is 40.8. The number of aliphatic hydroxyl groups excluding tert-OH is 12. The molecule has 0 aromatic heterocycles. The largest absolute Gasteiger partial charge is 0.462 e. The Hall–Kier alpha value is -2.00. The SMILES string of the molecule is C[C@@H](O)COC(=O)[C@@]1(C)[C@@H]2CC[C@]3(C)[C@H](CC=C4[C@@H]5CC(C)(C)CC[C@]5(C(=O)O[C@@H]5O[C@H](CO[C@@H]6O[C@H](CO)[C@@H](O)[C@H](O)[C@H]6O)[C@@H](O)[C@H](O[C@@H]6O[C@H](CO)[C@@H](O)[C@H](O)[C@H]6O)[C@H]5O)CC[C@]43C)[C@@]2(C)CC[C@@H]1O. The topological polar surface area (TPSA) is 342 Å². The van der Waals surface area contributed by atoms with Gasteiger partial charge in [-0.15, -0.1) is 0 Å². The zero-order chi connectivity index (χ0) is 52.8. The highest BCUT2D eigenvalue weighted by Crippen LogP contribution is 2.76. The number of aliphatic hydroxyl groups is 12. The predicted octanol–water partition coefficient (Wildman–Crippen LogP) is -0.955. The van der Waals surface area contributed by atoms with Gasteiger partial charge in [-0.1, -0.05) is 46.3 Å². The van der Waals surface area contributed by atoms with E-state index in [0.717, 1.165) is 12.0 Å². The first-order valence-electron chi connectivity index (χ1n) is 26.0. The van der Waals surface area contributed by atoms with Gasteiger partial charge in [-0.25, -0.2) is 0 Å². The molecule has 72 heavy (non-hydrogen) atoms. The molecule has 0 unspecified atom stereocenters. The van der Waals surface area contributed by atoms with Crippen molar-refractivity contribution in [3.05, 3.63) is 11.6 Å². The molecule has 3 aliphatic heterocycles. The van der Waals surface area contributed by atoms with Crippen molar-refractivity contribution in [2.75, 3.05) is 26.4 Å². The number of hydrogen-bond donors (Lipinski definition) is 12. The zero-order valence-corrected chi connectivity index (χ0v) is 42.6. The van der Waals surface area contributed by atoms with Crippen molar-refractivity contribution in [2.24, 2.45) is 50.2 Å². The number of carbonyl (C=O) groups is 2. The molecule has 7 fully saturated rings. The van der Waals surface area contributed by atoms with E-state index in [2.05, 4.69) is 40.7 Å². The maximum Gasteiger partial charge on any atom is 0.315 e. The van der Waals surface area contributed by atoms with E-state index in [1.165, 1.54) is 0 Å². The number of carbonyl (C=O) groups excluding carboxylic acids is 2. The standard InChI is InChI=1S/C51H82O21/c1-23(54)21-67-44(64)50(7)30-10-13-49(6)29(47(30,4)12-11-31(50)55)9-8-24-25-18-46(2,3)14-16-51(25,17-15-48(24,49)5)45(65)72-43-39(63)40(71-42-38(62)36(60)33(57)27(20-53)69-42)34(58)28(70-43)22-66-41-37(61)35(59)32(56)26(19-52)68-41/h8,23,25-43,52-63H,9-22H2,1-7H3/t23-,25+,26-,27-,28-,29-,30-,31+,32-,33-,34-,35+,36+,37-,38-,39-,40+,41-,42+,43+,47-,48-,49-,50+,51+/m1/s1. The molecule has 412 valence electrons. The van der Waals surface area contributed by atoms with Crippen molar-refractivity contribution in [2.45, 2.75) is 217 Å². The molecular formula is C51H82O21. The van der Waals surface area contributed by atoms with Crippen LogP contribution in [0.25, 0.3) is 0 Å². The van der Waals surface area contributed by atoms with Crippen LogP contribution in [0.15, 0.2) is 11.6 Å².